The van der Waals surface area contributed by atoms with Gasteiger partial charge in [0.25, 0.3) is 0 Å². The minimum atomic E-state index is -0.192. The SMILES string of the molecule is Cn1cc(CC(N)c2cc(Cl)cc(Cl)c2)nn1. The zero-order valence-electron chi connectivity index (χ0n) is 9.27. The van der Waals surface area contributed by atoms with Crippen molar-refractivity contribution >= 4 is 23.2 Å². The third kappa shape index (κ3) is 3.19. The van der Waals surface area contributed by atoms with Crippen molar-refractivity contribution in [1.82, 2.24) is 15.0 Å². The fourth-order valence-electron chi connectivity index (χ4n) is 1.62. The van der Waals surface area contributed by atoms with E-state index in [1.807, 2.05) is 25.4 Å². The van der Waals surface area contributed by atoms with Crippen LogP contribution in [0.5, 0.6) is 0 Å². The van der Waals surface area contributed by atoms with E-state index in [1.54, 1.807) is 10.7 Å². The first kappa shape index (κ1) is 12.4. The predicted molar refractivity (Wildman–Crippen MR) is 68.1 cm³/mol. The van der Waals surface area contributed by atoms with Gasteiger partial charge in [-0.25, -0.2) is 0 Å². The molecule has 0 amide bonds. The Morgan fingerprint density at radius 2 is 1.94 bits per heavy atom. The van der Waals surface area contributed by atoms with E-state index in [9.17, 15) is 0 Å². The highest BCUT2D eigenvalue weighted by atomic mass is 35.5. The summed E-state index contributed by atoms with van der Waals surface area (Å²) in [7, 11) is 1.82. The molecule has 6 heteroatoms. The van der Waals surface area contributed by atoms with Gasteiger partial charge in [-0.1, -0.05) is 28.4 Å². The number of hydrogen-bond acceptors (Lipinski definition) is 3. The van der Waals surface area contributed by atoms with E-state index in [0.29, 0.717) is 16.5 Å². The summed E-state index contributed by atoms with van der Waals surface area (Å²) in [6, 6.07) is 5.12. The lowest BCUT2D eigenvalue weighted by atomic mass is 10.0. The van der Waals surface area contributed by atoms with E-state index in [1.165, 1.54) is 0 Å². The van der Waals surface area contributed by atoms with Crippen molar-refractivity contribution in [3.63, 3.8) is 0 Å². The summed E-state index contributed by atoms with van der Waals surface area (Å²) in [5.41, 5.74) is 7.82. The summed E-state index contributed by atoms with van der Waals surface area (Å²) in [4.78, 5) is 0. The second kappa shape index (κ2) is 5.04. The fraction of sp³-hybridized carbons (Fsp3) is 0.273. The van der Waals surface area contributed by atoms with Gasteiger partial charge in [-0.3, -0.25) is 4.68 Å². The van der Waals surface area contributed by atoms with Gasteiger partial charge in [-0.2, -0.15) is 0 Å². The molecule has 1 aromatic heterocycles. The normalized spacial score (nSPS) is 12.7. The van der Waals surface area contributed by atoms with Crippen molar-refractivity contribution in [2.45, 2.75) is 12.5 Å². The summed E-state index contributed by atoms with van der Waals surface area (Å²) < 4.78 is 1.65. The molecular weight excluding hydrogens is 259 g/mol. The van der Waals surface area contributed by atoms with Crippen LogP contribution in [0.2, 0.25) is 10.0 Å². The average Bonchev–Trinajstić information content (AvgIpc) is 2.62. The van der Waals surface area contributed by atoms with E-state index in [4.69, 9.17) is 28.9 Å². The summed E-state index contributed by atoms with van der Waals surface area (Å²) >= 11 is 11.9. The van der Waals surface area contributed by atoms with Gasteiger partial charge in [0.15, 0.2) is 0 Å². The minimum absolute atomic E-state index is 0.192. The Kier molecular flexibility index (Phi) is 3.66. The predicted octanol–water partition coefficient (Wildman–Crippen LogP) is 2.36. The van der Waals surface area contributed by atoms with Crippen LogP contribution in [0.15, 0.2) is 24.4 Å². The molecule has 2 aromatic rings. The fourth-order valence-corrected chi connectivity index (χ4v) is 2.16. The molecule has 0 aliphatic carbocycles. The van der Waals surface area contributed by atoms with Crippen LogP contribution >= 0.6 is 23.2 Å². The van der Waals surface area contributed by atoms with Crippen molar-refractivity contribution < 1.29 is 0 Å². The zero-order chi connectivity index (χ0) is 12.4. The summed E-state index contributed by atoms with van der Waals surface area (Å²) in [6.07, 6.45) is 2.44. The Labute approximate surface area is 109 Å². The van der Waals surface area contributed by atoms with Crippen LogP contribution in [-0.4, -0.2) is 15.0 Å². The van der Waals surface area contributed by atoms with Gasteiger partial charge in [0.2, 0.25) is 0 Å². The van der Waals surface area contributed by atoms with Gasteiger partial charge >= 0.3 is 0 Å². The number of aryl methyl sites for hydroxylation is 1. The lowest BCUT2D eigenvalue weighted by Crippen LogP contribution is -2.13. The molecule has 1 atom stereocenters. The molecule has 0 saturated heterocycles. The molecule has 0 aliphatic rings. The van der Waals surface area contributed by atoms with Crippen LogP contribution in [0.1, 0.15) is 17.3 Å². The maximum Gasteiger partial charge on any atom is 0.0845 e. The van der Waals surface area contributed by atoms with Crippen LogP contribution in [0.4, 0.5) is 0 Å². The summed E-state index contributed by atoms with van der Waals surface area (Å²) in [6.45, 7) is 0. The highest BCUT2D eigenvalue weighted by Gasteiger charge is 2.11. The molecule has 0 spiro atoms. The third-order valence-corrected chi connectivity index (χ3v) is 2.83. The van der Waals surface area contributed by atoms with Crippen LogP contribution < -0.4 is 5.73 Å². The highest BCUT2D eigenvalue weighted by Crippen LogP contribution is 2.23. The Morgan fingerprint density at radius 3 is 2.47 bits per heavy atom. The van der Waals surface area contributed by atoms with E-state index in [0.717, 1.165) is 11.3 Å². The second-order valence-corrected chi connectivity index (χ2v) is 4.77. The first-order chi connectivity index (χ1) is 8.04. The highest BCUT2D eigenvalue weighted by molar-refractivity contribution is 6.34. The lowest BCUT2D eigenvalue weighted by Gasteiger charge is -2.11. The van der Waals surface area contributed by atoms with Crippen LogP contribution in [-0.2, 0) is 13.5 Å². The number of hydrogen-bond donors (Lipinski definition) is 1. The lowest BCUT2D eigenvalue weighted by molar-refractivity contribution is 0.694. The monoisotopic (exact) mass is 270 g/mol. The number of nitrogens with zero attached hydrogens (tertiary/aromatic N) is 3. The summed E-state index contributed by atoms with van der Waals surface area (Å²) in [5.74, 6) is 0. The molecule has 0 bridgehead atoms. The van der Waals surface area contributed by atoms with Crippen LogP contribution in [0.3, 0.4) is 0 Å². The maximum atomic E-state index is 6.08. The molecule has 0 saturated carbocycles. The number of rotatable bonds is 3. The maximum absolute atomic E-state index is 6.08. The number of halogens is 2. The molecule has 0 radical (unpaired) electrons. The Morgan fingerprint density at radius 1 is 1.29 bits per heavy atom. The van der Waals surface area contributed by atoms with Crippen molar-refractivity contribution in [2.24, 2.45) is 12.8 Å². The molecule has 0 aliphatic heterocycles. The van der Waals surface area contributed by atoms with Crippen molar-refractivity contribution in [2.75, 3.05) is 0 Å². The molecule has 2 rings (SSSR count). The Bertz CT molecular complexity index is 504. The molecule has 17 heavy (non-hydrogen) atoms. The molecule has 1 aromatic carbocycles. The average molecular weight is 271 g/mol. The molecule has 4 nitrogen and oxygen atoms in total. The minimum Gasteiger partial charge on any atom is -0.324 e. The molecule has 2 N–H and O–H groups in total. The van der Waals surface area contributed by atoms with Crippen LogP contribution in [0.25, 0.3) is 0 Å². The second-order valence-electron chi connectivity index (χ2n) is 3.90. The first-order valence-corrected chi connectivity index (χ1v) is 5.87. The Hall–Kier alpha value is -1.10. The van der Waals surface area contributed by atoms with Gasteiger partial charge in [-0.05, 0) is 23.8 Å². The largest absolute Gasteiger partial charge is 0.324 e. The molecule has 1 heterocycles. The smallest absolute Gasteiger partial charge is 0.0845 e. The molecule has 0 fully saturated rings. The standard InChI is InChI=1S/C11H12Cl2N4/c1-17-6-10(15-16-17)5-11(14)7-2-8(12)4-9(13)3-7/h2-4,6,11H,5,14H2,1H3. The van der Waals surface area contributed by atoms with E-state index in [2.05, 4.69) is 10.3 Å². The van der Waals surface area contributed by atoms with Gasteiger partial charge < -0.3 is 5.73 Å². The number of benzene rings is 1. The topological polar surface area (TPSA) is 56.7 Å². The van der Waals surface area contributed by atoms with Gasteiger partial charge in [0.1, 0.15) is 0 Å². The van der Waals surface area contributed by atoms with Gasteiger partial charge in [0.05, 0.1) is 5.69 Å². The Balaban J connectivity index is 2.16. The van der Waals surface area contributed by atoms with E-state index in [-0.39, 0.29) is 6.04 Å². The number of aromatic nitrogens is 3. The van der Waals surface area contributed by atoms with E-state index < -0.39 is 0 Å². The molecule has 90 valence electrons. The first-order valence-electron chi connectivity index (χ1n) is 5.11. The van der Waals surface area contributed by atoms with Crippen molar-refractivity contribution in [3.8, 4) is 0 Å². The van der Waals surface area contributed by atoms with Crippen LogP contribution in [0, 0.1) is 0 Å². The summed E-state index contributed by atoms with van der Waals surface area (Å²) in [5, 5.41) is 9.02. The number of nitrogens with two attached hydrogens (primary N) is 1. The van der Waals surface area contributed by atoms with Crippen molar-refractivity contribution in [3.05, 3.63) is 45.7 Å². The molecular formula is C11H12Cl2N4. The van der Waals surface area contributed by atoms with E-state index >= 15 is 0 Å². The quantitative estimate of drug-likeness (QED) is 0.932. The van der Waals surface area contributed by atoms with Gasteiger partial charge in [0, 0.05) is 35.8 Å². The zero-order valence-corrected chi connectivity index (χ0v) is 10.8. The molecule has 1 unspecified atom stereocenters. The van der Waals surface area contributed by atoms with Gasteiger partial charge in [-0.15, -0.1) is 5.10 Å². The van der Waals surface area contributed by atoms with Crippen molar-refractivity contribution in [1.29, 1.82) is 0 Å². The third-order valence-electron chi connectivity index (χ3n) is 2.39.